The monoisotopic (exact) mass is 366 g/mol. The number of Topliss-reactive ketones (excluding diaryl/α,β-unsaturated/α-hetero) is 1. The smallest absolute Gasteiger partial charge is 0.326 e. The lowest BCUT2D eigenvalue weighted by Gasteiger charge is -2.07. The number of benzene rings is 2. The highest BCUT2D eigenvalue weighted by atomic mass is 16.7. The van der Waals surface area contributed by atoms with E-state index >= 15 is 0 Å². The molecule has 0 unspecified atom stereocenters. The van der Waals surface area contributed by atoms with Crippen LogP contribution in [0, 0.1) is 0 Å². The van der Waals surface area contributed by atoms with Gasteiger partial charge in [0.1, 0.15) is 6.54 Å². The zero-order valence-electron chi connectivity index (χ0n) is 14.1. The molecule has 0 radical (unpaired) electrons. The lowest BCUT2D eigenvalue weighted by Crippen LogP contribution is -2.26. The maximum Gasteiger partial charge on any atom is 0.326 e. The summed E-state index contributed by atoms with van der Waals surface area (Å²) < 4.78 is 16.5. The summed E-state index contributed by atoms with van der Waals surface area (Å²) in [6.45, 7) is -0.657. The molecule has 136 valence electrons. The molecule has 0 spiro atoms. The van der Waals surface area contributed by atoms with Crippen molar-refractivity contribution in [2.24, 2.45) is 0 Å². The van der Waals surface area contributed by atoms with Gasteiger partial charge in [0.2, 0.25) is 6.79 Å². The number of esters is 1. The first-order valence-corrected chi connectivity index (χ1v) is 8.14. The largest absolute Gasteiger partial charge is 0.456 e. The van der Waals surface area contributed by atoms with E-state index in [2.05, 4.69) is 4.98 Å². The highest BCUT2D eigenvalue weighted by Gasteiger charge is 2.17. The number of carbonyl (C=O) groups excluding carboxylic acids is 2. The Morgan fingerprint density at radius 2 is 1.93 bits per heavy atom. The molecule has 0 fully saturated rings. The normalized spacial score (nSPS) is 12.1. The van der Waals surface area contributed by atoms with E-state index in [1.54, 1.807) is 36.4 Å². The van der Waals surface area contributed by atoms with E-state index in [9.17, 15) is 14.4 Å². The summed E-state index contributed by atoms with van der Waals surface area (Å²) in [6.07, 6.45) is 1.28. The van der Waals surface area contributed by atoms with Crippen LogP contribution in [-0.4, -0.2) is 34.7 Å². The van der Waals surface area contributed by atoms with Crippen molar-refractivity contribution in [2.45, 2.75) is 6.54 Å². The van der Waals surface area contributed by atoms with Crippen LogP contribution in [0.15, 0.2) is 53.6 Å². The van der Waals surface area contributed by atoms with E-state index in [1.807, 2.05) is 0 Å². The molecule has 8 heteroatoms. The van der Waals surface area contributed by atoms with Crippen molar-refractivity contribution in [1.29, 1.82) is 0 Å². The molecule has 1 aliphatic rings. The van der Waals surface area contributed by atoms with E-state index in [0.29, 0.717) is 28.0 Å². The van der Waals surface area contributed by atoms with Crippen molar-refractivity contribution in [2.75, 3.05) is 13.4 Å². The minimum absolute atomic E-state index is 0.108. The van der Waals surface area contributed by atoms with Gasteiger partial charge in [0.05, 0.1) is 17.2 Å². The molecule has 2 aromatic carbocycles. The first kappa shape index (κ1) is 16.8. The summed E-state index contributed by atoms with van der Waals surface area (Å²) in [7, 11) is 0. The van der Waals surface area contributed by atoms with Crippen molar-refractivity contribution < 1.29 is 23.8 Å². The van der Waals surface area contributed by atoms with Crippen molar-refractivity contribution >= 4 is 22.7 Å². The lowest BCUT2D eigenvalue weighted by atomic mass is 10.1. The number of hydrogen-bond donors (Lipinski definition) is 0. The van der Waals surface area contributed by atoms with Crippen LogP contribution in [0.2, 0.25) is 0 Å². The number of rotatable bonds is 5. The molecule has 0 amide bonds. The predicted octanol–water partition coefficient (Wildman–Crippen LogP) is 1.55. The van der Waals surface area contributed by atoms with Crippen LogP contribution >= 0.6 is 0 Å². The standard InChI is InChI=1S/C19H14N2O6/c22-15(12-5-6-16-17(7-12)27-11-26-16)9-25-18(23)8-21-10-20-14-4-2-1-3-13(14)19(21)24/h1-7,10H,8-9,11H2. The minimum Gasteiger partial charge on any atom is -0.456 e. The Kier molecular flexibility index (Phi) is 4.29. The van der Waals surface area contributed by atoms with Crippen LogP contribution in [0.25, 0.3) is 10.9 Å². The average molecular weight is 366 g/mol. The number of aromatic nitrogens is 2. The molecule has 0 saturated heterocycles. The summed E-state index contributed by atoms with van der Waals surface area (Å²) >= 11 is 0. The van der Waals surface area contributed by atoms with E-state index in [0.717, 1.165) is 4.57 Å². The number of fused-ring (bicyclic) bond motifs is 2. The van der Waals surface area contributed by atoms with Crippen LogP contribution < -0.4 is 15.0 Å². The second-order valence-electron chi connectivity index (χ2n) is 5.85. The van der Waals surface area contributed by atoms with Crippen LogP contribution in [0.5, 0.6) is 11.5 Å². The molecule has 8 nitrogen and oxygen atoms in total. The maximum absolute atomic E-state index is 12.4. The van der Waals surface area contributed by atoms with Crippen molar-refractivity contribution in [3.63, 3.8) is 0 Å². The van der Waals surface area contributed by atoms with Gasteiger partial charge in [0, 0.05) is 5.56 Å². The Balaban J connectivity index is 1.40. The molecule has 2 heterocycles. The Labute approximate surface area is 152 Å². The van der Waals surface area contributed by atoms with Gasteiger partial charge >= 0.3 is 5.97 Å². The van der Waals surface area contributed by atoms with Crippen LogP contribution in [0.3, 0.4) is 0 Å². The topological polar surface area (TPSA) is 96.7 Å². The second-order valence-corrected chi connectivity index (χ2v) is 5.85. The molecule has 0 aliphatic carbocycles. The first-order chi connectivity index (χ1) is 13.1. The van der Waals surface area contributed by atoms with Gasteiger partial charge in [-0.3, -0.25) is 19.0 Å². The summed E-state index contributed by atoms with van der Waals surface area (Å²) in [6, 6.07) is 11.6. The van der Waals surface area contributed by atoms with E-state index in [4.69, 9.17) is 14.2 Å². The Bertz CT molecular complexity index is 1100. The van der Waals surface area contributed by atoms with Gasteiger partial charge in [-0.2, -0.15) is 0 Å². The van der Waals surface area contributed by atoms with Gasteiger partial charge in [-0.05, 0) is 30.3 Å². The molecule has 27 heavy (non-hydrogen) atoms. The SMILES string of the molecule is O=C(Cn1cnc2ccccc2c1=O)OCC(=O)c1ccc2c(c1)OCO2. The predicted molar refractivity (Wildman–Crippen MR) is 93.9 cm³/mol. The third-order valence-electron chi connectivity index (χ3n) is 4.09. The number of hydrogen-bond acceptors (Lipinski definition) is 7. The average Bonchev–Trinajstić information content (AvgIpc) is 3.16. The summed E-state index contributed by atoms with van der Waals surface area (Å²) in [5, 5.41) is 0.407. The molecule has 0 atom stereocenters. The van der Waals surface area contributed by atoms with Gasteiger partial charge in [0.15, 0.2) is 23.9 Å². The van der Waals surface area contributed by atoms with Gasteiger partial charge in [-0.25, -0.2) is 4.98 Å². The zero-order valence-corrected chi connectivity index (χ0v) is 14.1. The summed E-state index contributed by atoms with van der Waals surface area (Å²) in [5.74, 6) is -0.0541. The molecular formula is C19H14N2O6. The molecule has 0 N–H and O–H groups in total. The van der Waals surface area contributed by atoms with Gasteiger partial charge in [-0.1, -0.05) is 12.1 Å². The third kappa shape index (κ3) is 3.37. The molecular weight excluding hydrogens is 352 g/mol. The quantitative estimate of drug-likeness (QED) is 0.499. The highest BCUT2D eigenvalue weighted by molar-refractivity contribution is 5.98. The second kappa shape index (κ2) is 6.91. The lowest BCUT2D eigenvalue weighted by molar-refractivity contribution is -0.143. The fraction of sp³-hybridized carbons (Fsp3) is 0.158. The Morgan fingerprint density at radius 1 is 1.11 bits per heavy atom. The fourth-order valence-electron chi connectivity index (χ4n) is 2.70. The van der Waals surface area contributed by atoms with E-state index in [-0.39, 0.29) is 24.7 Å². The summed E-state index contributed by atoms with van der Waals surface area (Å²) in [5.41, 5.74) is 0.543. The van der Waals surface area contributed by atoms with Crippen LogP contribution in [0.4, 0.5) is 0 Å². The third-order valence-corrected chi connectivity index (χ3v) is 4.09. The zero-order chi connectivity index (χ0) is 18.8. The molecule has 1 aliphatic heterocycles. The number of carbonyl (C=O) groups is 2. The fourth-order valence-corrected chi connectivity index (χ4v) is 2.70. The van der Waals surface area contributed by atoms with Gasteiger partial charge in [-0.15, -0.1) is 0 Å². The van der Waals surface area contributed by atoms with E-state index < -0.39 is 12.6 Å². The first-order valence-electron chi connectivity index (χ1n) is 8.14. The van der Waals surface area contributed by atoms with E-state index in [1.165, 1.54) is 12.4 Å². The Hall–Kier alpha value is -3.68. The molecule has 0 saturated carbocycles. The van der Waals surface area contributed by atoms with Crippen molar-refractivity contribution in [3.05, 3.63) is 64.7 Å². The summed E-state index contributed by atoms with van der Waals surface area (Å²) in [4.78, 5) is 40.7. The molecule has 1 aromatic heterocycles. The van der Waals surface area contributed by atoms with Crippen molar-refractivity contribution in [3.8, 4) is 11.5 Å². The molecule has 3 aromatic rings. The number of nitrogens with zero attached hydrogens (tertiary/aromatic N) is 2. The van der Waals surface area contributed by atoms with Crippen LogP contribution in [-0.2, 0) is 16.1 Å². The Morgan fingerprint density at radius 3 is 2.81 bits per heavy atom. The number of para-hydroxylation sites is 1. The maximum atomic E-state index is 12.4. The van der Waals surface area contributed by atoms with Gasteiger partial charge < -0.3 is 14.2 Å². The highest BCUT2D eigenvalue weighted by Crippen LogP contribution is 2.32. The number of ether oxygens (including phenoxy) is 3. The van der Waals surface area contributed by atoms with Crippen molar-refractivity contribution in [1.82, 2.24) is 9.55 Å². The molecule has 4 rings (SSSR count). The number of ketones is 1. The van der Waals surface area contributed by atoms with Crippen LogP contribution in [0.1, 0.15) is 10.4 Å². The van der Waals surface area contributed by atoms with Gasteiger partial charge in [0.25, 0.3) is 5.56 Å². The minimum atomic E-state index is -0.705. The molecule has 0 bridgehead atoms.